The third-order valence-electron chi connectivity index (χ3n) is 3.69. The van der Waals surface area contributed by atoms with E-state index in [4.69, 9.17) is 0 Å². The molecule has 5 nitrogen and oxygen atoms in total. The van der Waals surface area contributed by atoms with Gasteiger partial charge in [0, 0.05) is 18.2 Å². The summed E-state index contributed by atoms with van der Waals surface area (Å²) in [6.45, 7) is 1.38. The zero-order chi connectivity index (χ0) is 18.7. The van der Waals surface area contributed by atoms with Crippen LogP contribution >= 0.6 is 0 Å². The molecule has 0 aliphatic rings. The number of carbonyl (C=O) groups excluding carboxylic acids is 1. The second-order valence-electron chi connectivity index (χ2n) is 5.71. The van der Waals surface area contributed by atoms with Gasteiger partial charge in [0.2, 0.25) is 5.91 Å². The smallest absolute Gasteiger partial charge is 0.326 e. The zero-order valence-corrected chi connectivity index (χ0v) is 13.8. The van der Waals surface area contributed by atoms with Crippen molar-refractivity contribution in [2.45, 2.75) is 19.6 Å². The summed E-state index contributed by atoms with van der Waals surface area (Å²) in [6, 6.07) is 12.3. The minimum absolute atomic E-state index is 0.0351. The van der Waals surface area contributed by atoms with Gasteiger partial charge in [0.05, 0.1) is 18.3 Å². The number of hydrogen-bond donors (Lipinski definition) is 1. The molecule has 0 spiro atoms. The Morgan fingerprint density at radius 3 is 2.46 bits per heavy atom. The van der Waals surface area contributed by atoms with Gasteiger partial charge in [0.1, 0.15) is 5.69 Å². The molecule has 0 saturated carbocycles. The molecule has 2 aromatic carbocycles. The van der Waals surface area contributed by atoms with Crippen LogP contribution in [0.15, 0.2) is 54.7 Å². The Hall–Kier alpha value is -3.16. The minimum atomic E-state index is -4.42. The fraction of sp³-hybridized carbons (Fsp3) is 0.167. The number of aromatic nitrogens is 3. The van der Waals surface area contributed by atoms with Gasteiger partial charge in [-0.2, -0.15) is 13.2 Å². The lowest BCUT2D eigenvalue weighted by atomic mass is 10.1. The predicted molar refractivity (Wildman–Crippen MR) is 90.3 cm³/mol. The highest BCUT2D eigenvalue weighted by molar-refractivity contribution is 5.88. The average molecular weight is 360 g/mol. The SMILES string of the molecule is CC(=O)Nc1ccc(-c2cn(Cc3ccccc3C(F)(F)F)nn2)cc1. The predicted octanol–water partition coefficient (Wildman–Crippen LogP) is 3.97. The Balaban J connectivity index is 1.80. The van der Waals surface area contributed by atoms with Crippen molar-refractivity contribution in [2.24, 2.45) is 0 Å². The molecule has 0 atom stereocenters. The highest BCUT2D eigenvalue weighted by Crippen LogP contribution is 2.32. The van der Waals surface area contributed by atoms with Gasteiger partial charge in [-0.15, -0.1) is 5.10 Å². The number of carbonyl (C=O) groups is 1. The molecule has 8 heteroatoms. The van der Waals surface area contributed by atoms with Crippen LogP contribution in [0.1, 0.15) is 18.1 Å². The first-order valence-corrected chi connectivity index (χ1v) is 7.76. The van der Waals surface area contributed by atoms with E-state index in [0.29, 0.717) is 11.4 Å². The molecule has 1 N–H and O–H groups in total. The number of nitrogens with zero attached hydrogens (tertiary/aromatic N) is 3. The van der Waals surface area contributed by atoms with Crippen molar-refractivity contribution in [3.63, 3.8) is 0 Å². The third kappa shape index (κ3) is 4.08. The highest BCUT2D eigenvalue weighted by Gasteiger charge is 2.32. The number of benzene rings is 2. The molecule has 3 rings (SSSR count). The molecule has 0 fully saturated rings. The lowest BCUT2D eigenvalue weighted by molar-refractivity contribution is -0.138. The number of nitrogens with one attached hydrogen (secondary N) is 1. The maximum Gasteiger partial charge on any atom is 0.416 e. The molecule has 0 saturated heterocycles. The standard InChI is InChI=1S/C18H15F3N4O/c1-12(26)22-15-8-6-13(7-9-15)17-11-25(24-23-17)10-14-4-2-3-5-16(14)18(19,20)21/h2-9,11H,10H2,1H3,(H,22,26). The van der Waals surface area contributed by atoms with E-state index >= 15 is 0 Å². The molecular formula is C18H15F3N4O. The Labute approximate surface area is 147 Å². The van der Waals surface area contributed by atoms with Crippen molar-refractivity contribution in [1.82, 2.24) is 15.0 Å². The van der Waals surface area contributed by atoms with Gasteiger partial charge in [-0.05, 0) is 23.8 Å². The summed E-state index contributed by atoms with van der Waals surface area (Å²) >= 11 is 0. The number of anilines is 1. The Morgan fingerprint density at radius 2 is 1.81 bits per heavy atom. The molecule has 0 bridgehead atoms. The van der Waals surface area contributed by atoms with Crippen LogP contribution in [0.3, 0.4) is 0 Å². The normalized spacial score (nSPS) is 11.4. The Kier molecular flexibility index (Phi) is 4.75. The van der Waals surface area contributed by atoms with E-state index in [1.165, 1.54) is 23.7 Å². The van der Waals surface area contributed by atoms with Crippen LogP contribution in [-0.2, 0) is 17.5 Å². The minimum Gasteiger partial charge on any atom is -0.326 e. The molecule has 1 heterocycles. The molecule has 0 aliphatic heterocycles. The summed E-state index contributed by atoms with van der Waals surface area (Å²) in [4.78, 5) is 11.0. The maximum atomic E-state index is 13.1. The number of amides is 1. The van der Waals surface area contributed by atoms with Gasteiger partial charge in [0.25, 0.3) is 0 Å². The maximum absolute atomic E-state index is 13.1. The van der Waals surface area contributed by atoms with Crippen LogP contribution in [0.2, 0.25) is 0 Å². The molecule has 26 heavy (non-hydrogen) atoms. The first-order valence-electron chi connectivity index (χ1n) is 7.76. The van der Waals surface area contributed by atoms with Crippen LogP contribution in [0.4, 0.5) is 18.9 Å². The lowest BCUT2D eigenvalue weighted by Crippen LogP contribution is -2.11. The van der Waals surface area contributed by atoms with Gasteiger partial charge in [-0.1, -0.05) is 35.5 Å². The first kappa shape index (κ1) is 17.7. The monoisotopic (exact) mass is 360 g/mol. The first-order chi connectivity index (χ1) is 12.3. The fourth-order valence-corrected chi connectivity index (χ4v) is 2.54. The van der Waals surface area contributed by atoms with Crippen molar-refractivity contribution in [3.05, 3.63) is 65.9 Å². The van der Waals surface area contributed by atoms with Crippen molar-refractivity contribution < 1.29 is 18.0 Å². The van der Waals surface area contributed by atoms with Gasteiger partial charge < -0.3 is 5.32 Å². The number of alkyl halides is 3. The topological polar surface area (TPSA) is 59.8 Å². The van der Waals surface area contributed by atoms with Crippen LogP contribution in [0.25, 0.3) is 11.3 Å². The molecule has 1 amide bonds. The molecular weight excluding hydrogens is 345 g/mol. The Bertz CT molecular complexity index is 917. The molecule has 0 unspecified atom stereocenters. The summed E-state index contributed by atoms with van der Waals surface area (Å²) in [5.74, 6) is -0.174. The van der Waals surface area contributed by atoms with Gasteiger partial charge in [0.15, 0.2) is 0 Å². The lowest BCUT2D eigenvalue weighted by Gasteiger charge is -2.12. The molecule has 0 aliphatic carbocycles. The van der Waals surface area contributed by atoms with E-state index in [1.807, 2.05) is 0 Å². The Morgan fingerprint density at radius 1 is 1.12 bits per heavy atom. The second-order valence-corrected chi connectivity index (χ2v) is 5.71. The molecule has 134 valence electrons. The number of halogens is 3. The van der Waals surface area contributed by atoms with Crippen molar-refractivity contribution in [2.75, 3.05) is 5.32 Å². The van der Waals surface area contributed by atoms with Crippen LogP contribution in [-0.4, -0.2) is 20.9 Å². The van der Waals surface area contributed by atoms with Gasteiger partial charge >= 0.3 is 6.18 Å². The fourth-order valence-electron chi connectivity index (χ4n) is 2.54. The average Bonchev–Trinajstić information content (AvgIpc) is 3.03. The quantitative estimate of drug-likeness (QED) is 0.766. The van der Waals surface area contributed by atoms with E-state index < -0.39 is 11.7 Å². The van der Waals surface area contributed by atoms with Crippen LogP contribution < -0.4 is 5.32 Å². The third-order valence-corrected chi connectivity index (χ3v) is 3.69. The van der Waals surface area contributed by atoms with Gasteiger partial charge in [-0.3, -0.25) is 4.79 Å². The molecule has 1 aromatic heterocycles. The van der Waals surface area contributed by atoms with Crippen LogP contribution in [0, 0.1) is 0 Å². The number of hydrogen-bond acceptors (Lipinski definition) is 3. The zero-order valence-electron chi connectivity index (χ0n) is 13.8. The summed E-state index contributed by atoms with van der Waals surface area (Å²) < 4.78 is 40.6. The summed E-state index contributed by atoms with van der Waals surface area (Å²) in [5, 5.41) is 10.6. The van der Waals surface area contributed by atoms with E-state index in [9.17, 15) is 18.0 Å². The van der Waals surface area contributed by atoms with Crippen molar-refractivity contribution in [1.29, 1.82) is 0 Å². The van der Waals surface area contributed by atoms with Gasteiger partial charge in [-0.25, -0.2) is 4.68 Å². The van der Waals surface area contributed by atoms with E-state index in [2.05, 4.69) is 15.6 Å². The second kappa shape index (κ2) is 6.99. The number of rotatable bonds is 4. The van der Waals surface area contributed by atoms with Crippen molar-refractivity contribution >= 4 is 11.6 Å². The van der Waals surface area contributed by atoms with Crippen molar-refractivity contribution in [3.8, 4) is 11.3 Å². The van der Waals surface area contributed by atoms with E-state index in [1.54, 1.807) is 36.5 Å². The largest absolute Gasteiger partial charge is 0.416 e. The molecule has 3 aromatic rings. The van der Waals surface area contributed by atoms with Crippen LogP contribution in [0.5, 0.6) is 0 Å². The van der Waals surface area contributed by atoms with E-state index in [-0.39, 0.29) is 18.0 Å². The highest BCUT2D eigenvalue weighted by atomic mass is 19.4. The molecule has 0 radical (unpaired) electrons. The van der Waals surface area contributed by atoms with E-state index in [0.717, 1.165) is 11.6 Å². The summed E-state index contributed by atoms with van der Waals surface area (Å²) in [7, 11) is 0. The summed E-state index contributed by atoms with van der Waals surface area (Å²) in [5.41, 5.74) is 1.36. The summed E-state index contributed by atoms with van der Waals surface area (Å²) in [6.07, 6.45) is -2.83.